The Morgan fingerprint density at radius 3 is 2.46 bits per heavy atom. The van der Waals surface area contributed by atoms with Gasteiger partial charge in [0, 0.05) is 11.8 Å². The number of carbonyl (C=O) groups is 2. The van der Waals surface area contributed by atoms with Gasteiger partial charge in [0.25, 0.3) is 5.91 Å². The Morgan fingerprint density at radius 2 is 1.81 bits per heavy atom. The molecule has 4 nitrogen and oxygen atoms in total. The quantitative estimate of drug-likeness (QED) is 0.618. The van der Waals surface area contributed by atoms with Gasteiger partial charge in [-0.05, 0) is 50.0 Å². The van der Waals surface area contributed by atoms with E-state index in [2.05, 4.69) is 5.32 Å². The molecule has 26 heavy (non-hydrogen) atoms. The Balaban J connectivity index is 1.96. The Morgan fingerprint density at radius 1 is 1.12 bits per heavy atom. The van der Waals surface area contributed by atoms with Crippen molar-refractivity contribution >= 4 is 23.6 Å². The van der Waals surface area contributed by atoms with Crippen molar-refractivity contribution < 1.29 is 14.3 Å². The molecule has 1 unspecified atom stereocenters. The van der Waals surface area contributed by atoms with Crippen LogP contribution < -0.4 is 5.32 Å². The summed E-state index contributed by atoms with van der Waals surface area (Å²) in [6, 6.07) is 13.6. The number of aryl methyl sites for hydroxylation is 3. The van der Waals surface area contributed by atoms with Gasteiger partial charge in [0.2, 0.25) is 0 Å². The first-order valence-electron chi connectivity index (χ1n) is 8.75. The molecule has 0 aromatic heterocycles. The van der Waals surface area contributed by atoms with Crippen molar-refractivity contribution in [2.75, 3.05) is 5.32 Å². The maximum Gasteiger partial charge on any atom is 0.331 e. The monoisotopic (exact) mass is 351 g/mol. The lowest BCUT2D eigenvalue weighted by atomic mass is 10.1. The predicted molar refractivity (Wildman–Crippen MR) is 105 cm³/mol. The first kappa shape index (κ1) is 19.4. The van der Waals surface area contributed by atoms with Gasteiger partial charge in [-0.3, -0.25) is 4.79 Å². The van der Waals surface area contributed by atoms with E-state index in [1.54, 1.807) is 13.0 Å². The van der Waals surface area contributed by atoms with Gasteiger partial charge in [0.15, 0.2) is 6.10 Å². The first-order valence-corrected chi connectivity index (χ1v) is 8.75. The standard InChI is InChI=1S/C22H25NO3/c1-5-19-8-6-7-16(3)21(19)23-22(25)17(4)26-20(24)14-13-18-11-9-15(2)10-12-18/h6-14,17H,5H2,1-4H3,(H,23,25). The van der Waals surface area contributed by atoms with E-state index >= 15 is 0 Å². The second-order valence-electron chi connectivity index (χ2n) is 6.27. The van der Waals surface area contributed by atoms with Crippen LogP contribution in [0, 0.1) is 13.8 Å². The van der Waals surface area contributed by atoms with Gasteiger partial charge in [-0.25, -0.2) is 4.79 Å². The van der Waals surface area contributed by atoms with Crippen molar-refractivity contribution in [2.45, 2.75) is 40.2 Å². The molecule has 0 bridgehead atoms. The van der Waals surface area contributed by atoms with Crippen LogP contribution >= 0.6 is 0 Å². The molecule has 1 amide bonds. The summed E-state index contributed by atoms with van der Waals surface area (Å²) in [6.07, 6.45) is 2.93. The molecular formula is C22H25NO3. The summed E-state index contributed by atoms with van der Waals surface area (Å²) in [5, 5.41) is 2.87. The number of hydrogen-bond acceptors (Lipinski definition) is 3. The summed E-state index contributed by atoms with van der Waals surface area (Å²) in [4.78, 5) is 24.3. The van der Waals surface area contributed by atoms with Gasteiger partial charge in [-0.1, -0.05) is 55.0 Å². The summed E-state index contributed by atoms with van der Waals surface area (Å²) in [5.74, 6) is -0.889. The maximum absolute atomic E-state index is 12.4. The van der Waals surface area contributed by atoms with E-state index in [4.69, 9.17) is 4.74 Å². The third-order valence-corrected chi connectivity index (χ3v) is 4.14. The Bertz CT molecular complexity index is 807. The minimum atomic E-state index is -0.880. The highest BCUT2D eigenvalue weighted by atomic mass is 16.5. The average Bonchev–Trinajstić information content (AvgIpc) is 2.62. The molecule has 0 radical (unpaired) electrons. The molecule has 2 aromatic rings. The Labute approximate surface area is 154 Å². The highest BCUT2D eigenvalue weighted by Crippen LogP contribution is 2.21. The van der Waals surface area contributed by atoms with E-state index in [-0.39, 0.29) is 5.91 Å². The normalized spacial score (nSPS) is 12.0. The zero-order valence-electron chi connectivity index (χ0n) is 15.7. The number of ether oxygens (including phenoxy) is 1. The SMILES string of the molecule is CCc1cccc(C)c1NC(=O)C(C)OC(=O)C=Cc1ccc(C)cc1. The molecule has 0 aliphatic rings. The van der Waals surface area contributed by atoms with Crippen LogP contribution in [0.3, 0.4) is 0 Å². The van der Waals surface area contributed by atoms with Crippen molar-refractivity contribution in [1.82, 2.24) is 0 Å². The van der Waals surface area contributed by atoms with Crippen molar-refractivity contribution in [2.24, 2.45) is 0 Å². The summed E-state index contributed by atoms with van der Waals surface area (Å²) in [5.41, 5.74) is 4.87. The third-order valence-electron chi connectivity index (χ3n) is 4.14. The molecule has 0 aliphatic heterocycles. The summed E-state index contributed by atoms with van der Waals surface area (Å²) >= 11 is 0. The van der Waals surface area contributed by atoms with Crippen LogP contribution in [0.15, 0.2) is 48.5 Å². The number of hydrogen-bond donors (Lipinski definition) is 1. The van der Waals surface area contributed by atoms with E-state index in [1.165, 1.54) is 6.08 Å². The van der Waals surface area contributed by atoms with Gasteiger partial charge in [0.05, 0.1) is 0 Å². The van der Waals surface area contributed by atoms with Crippen molar-refractivity contribution in [3.63, 3.8) is 0 Å². The molecule has 0 saturated carbocycles. The van der Waals surface area contributed by atoms with Gasteiger partial charge >= 0.3 is 5.97 Å². The lowest BCUT2D eigenvalue weighted by molar-refractivity contribution is -0.148. The van der Waals surface area contributed by atoms with E-state index in [0.717, 1.165) is 34.4 Å². The lowest BCUT2D eigenvalue weighted by Crippen LogP contribution is -2.30. The topological polar surface area (TPSA) is 55.4 Å². The first-order chi connectivity index (χ1) is 12.4. The number of amides is 1. The fraction of sp³-hybridized carbons (Fsp3) is 0.273. The van der Waals surface area contributed by atoms with E-state index in [1.807, 2.05) is 63.2 Å². The van der Waals surface area contributed by atoms with Crippen LogP contribution in [-0.4, -0.2) is 18.0 Å². The van der Waals surface area contributed by atoms with Crippen LogP contribution in [0.1, 0.15) is 36.1 Å². The zero-order valence-corrected chi connectivity index (χ0v) is 15.7. The number of anilines is 1. The Hall–Kier alpha value is -2.88. The van der Waals surface area contributed by atoms with Gasteiger partial charge < -0.3 is 10.1 Å². The van der Waals surface area contributed by atoms with Crippen molar-refractivity contribution in [3.05, 3.63) is 70.8 Å². The lowest BCUT2D eigenvalue weighted by Gasteiger charge is -2.16. The van der Waals surface area contributed by atoms with E-state index in [0.29, 0.717) is 0 Å². The van der Waals surface area contributed by atoms with Crippen LogP contribution in [-0.2, 0) is 20.7 Å². The average molecular weight is 351 g/mol. The van der Waals surface area contributed by atoms with Gasteiger partial charge in [-0.2, -0.15) is 0 Å². The zero-order chi connectivity index (χ0) is 19.1. The number of carbonyl (C=O) groups excluding carboxylic acids is 2. The molecule has 0 saturated heterocycles. The fourth-order valence-corrected chi connectivity index (χ4v) is 2.54. The second kappa shape index (κ2) is 8.99. The maximum atomic E-state index is 12.4. The molecule has 0 spiro atoms. The van der Waals surface area contributed by atoms with Crippen LogP contribution in [0.5, 0.6) is 0 Å². The van der Waals surface area contributed by atoms with Gasteiger partial charge in [0.1, 0.15) is 0 Å². The third kappa shape index (κ3) is 5.31. The number of rotatable bonds is 6. The van der Waals surface area contributed by atoms with Crippen LogP contribution in [0.4, 0.5) is 5.69 Å². The number of nitrogens with one attached hydrogen (secondary N) is 1. The highest BCUT2D eigenvalue weighted by Gasteiger charge is 2.18. The van der Waals surface area contributed by atoms with Crippen molar-refractivity contribution in [1.29, 1.82) is 0 Å². The van der Waals surface area contributed by atoms with Crippen LogP contribution in [0.25, 0.3) is 6.08 Å². The second-order valence-corrected chi connectivity index (χ2v) is 6.27. The highest BCUT2D eigenvalue weighted by molar-refractivity contribution is 5.97. The summed E-state index contributed by atoms with van der Waals surface area (Å²) in [7, 11) is 0. The smallest absolute Gasteiger partial charge is 0.331 e. The number of para-hydroxylation sites is 1. The van der Waals surface area contributed by atoms with E-state index < -0.39 is 12.1 Å². The van der Waals surface area contributed by atoms with Gasteiger partial charge in [-0.15, -0.1) is 0 Å². The van der Waals surface area contributed by atoms with Crippen molar-refractivity contribution in [3.8, 4) is 0 Å². The minimum Gasteiger partial charge on any atom is -0.449 e. The predicted octanol–water partition coefficient (Wildman–Crippen LogP) is 4.45. The molecular weight excluding hydrogens is 326 g/mol. The largest absolute Gasteiger partial charge is 0.449 e. The molecule has 0 heterocycles. The molecule has 2 aromatic carbocycles. The molecule has 0 aliphatic carbocycles. The molecule has 1 atom stereocenters. The summed E-state index contributed by atoms with van der Waals surface area (Å²) < 4.78 is 5.21. The Kier molecular flexibility index (Phi) is 6.73. The molecule has 0 fully saturated rings. The number of esters is 1. The molecule has 2 rings (SSSR count). The number of benzene rings is 2. The molecule has 4 heteroatoms. The van der Waals surface area contributed by atoms with Crippen LogP contribution in [0.2, 0.25) is 0 Å². The molecule has 136 valence electrons. The summed E-state index contributed by atoms with van der Waals surface area (Å²) in [6.45, 7) is 7.54. The molecule has 1 N–H and O–H groups in total. The minimum absolute atomic E-state index is 0.342. The fourth-order valence-electron chi connectivity index (χ4n) is 2.54. The van der Waals surface area contributed by atoms with E-state index in [9.17, 15) is 9.59 Å².